The minimum atomic E-state index is -2.63. The number of phenols is 4. The van der Waals surface area contributed by atoms with Crippen LogP contribution in [0.5, 0.6) is 23.0 Å². The van der Waals surface area contributed by atoms with E-state index in [2.05, 4.69) is 4.74 Å². The van der Waals surface area contributed by atoms with Gasteiger partial charge in [-0.1, -0.05) is 12.1 Å². The Kier molecular flexibility index (Phi) is 9.95. The summed E-state index contributed by atoms with van der Waals surface area (Å²) < 4.78 is 19.6. The van der Waals surface area contributed by atoms with Gasteiger partial charge in [-0.2, -0.15) is 0 Å². The number of aliphatic hydroxyl groups excluding tert-OH is 1. The number of carboxylic acids is 1. The Balaban J connectivity index is 1.86. The number of methoxy groups -OCH3 is 1. The number of rotatable bonds is 8. The lowest BCUT2D eigenvalue weighted by atomic mass is 9.79. The average Bonchev–Trinajstić information content (AvgIpc) is 2.96. The zero-order valence-corrected chi connectivity index (χ0v) is 22.3. The van der Waals surface area contributed by atoms with Crippen LogP contribution in [0.1, 0.15) is 24.0 Å². The molecule has 2 aromatic carbocycles. The van der Waals surface area contributed by atoms with E-state index in [0.717, 1.165) is 43.5 Å². The lowest BCUT2D eigenvalue weighted by molar-refractivity contribution is -0.215. The Morgan fingerprint density at radius 2 is 1.19 bits per heavy atom. The van der Waals surface area contributed by atoms with Crippen molar-refractivity contribution in [1.29, 1.82) is 0 Å². The van der Waals surface area contributed by atoms with Gasteiger partial charge in [0.25, 0.3) is 0 Å². The van der Waals surface area contributed by atoms with Crippen LogP contribution in [0.25, 0.3) is 12.2 Å². The molecule has 0 unspecified atom stereocenters. The van der Waals surface area contributed by atoms with Crippen LogP contribution < -0.4 is 0 Å². The first-order valence-electron chi connectivity index (χ1n) is 12.3. The van der Waals surface area contributed by atoms with Gasteiger partial charge in [0.15, 0.2) is 23.0 Å². The Labute approximate surface area is 242 Å². The van der Waals surface area contributed by atoms with Gasteiger partial charge < -0.3 is 49.6 Å². The fourth-order valence-electron chi connectivity index (χ4n) is 4.03. The maximum atomic E-state index is 12.6. The molecule has 3 rings (SSSR count). The number of ether oxygens (including phenoxy) is 4. The van der Waals surface area contributed by atoms with E-state index in [-0.39, 0.29) is 11.1 Å². The van der Waals surface area contributed by atoms with Crippen LogP contribution >= 0.6 is 0 Å². The second-order valence-electron chi connectivity index (χ2n) is 9.19. The number of carbonyl (C=O) groups excluding carboxylic acids is 4. The monoisotopic (exact) mass is 602 g/mol. The van der Waals surface area contributed by atoms with Crippen LogP contribution in [-0.2, 0) is 42.9 Å². The number of aromatic hydroxyl groups is 4. The molecule has 43 heavy (non-hydrogen) atoms. The van der Waals surface area contributed by atoms with Gasteiger partial charge in [-0.25, -0.2) is 24.0 Å². The Bertz CT molecular complexity index is 1390. The predicted octanol–water partition coefficient (Wildman–Crippen LogP) is 0.753. The van der Waals surface area contributed by atoms with Crippen LogP contribution in [0, 0.1) is 0 Å². The maximum Gasteiger partial charge on any atom is 0.418 e. The maximum absolute atomic E-state index is 12.6. The van der Waals surface area contributed by atoms with Gasteiger partial charge in [-0.05, 0) is 47.5 Å². The highest BCUT2D eigenvalue weighted by Gasteiger charge is 2.56. The molecule has 1 saturated carbocycles. The molecule has 15 nitrogen and oxygen atoms in total. The summed E-state index contributed by atoms with van der Waals surface area (Å²) in [5, 5.41) is 58.9. The molecule has 0 heterocycles. The summed E-state index contributed by atoms with van der Waals surface area (Å²) in [6, 6.07) is 7.24. The molecule has 0 aliphatic heterocycles. The number of carboxylic acid groups (broad SMARTS) is 1. The second kappa shape index (κ2) is 13.4. The van der Waals surface area contributed by atoms with Crippen molar-refractivity contribution in [2.75, 3.05) is 7.11 Å². The summed E-state index contributed by atoms with van der Waals surface area (Å²) in [4.78, 5) is 61.3. The van der Waals surface area contributed by atoms with E-state index >= 15 is 0 Å². The fraction of sp³-hybridized carbons (Fsp3) is 0.250. The molecule has 0 saturated heterocycles. The Morgan fingerprint density at radius 1 is 0.744 bits per heavy atom. The van der Waals surface area contributed by atoms with E-state index in [1.54, 1.807) is 0 Å². The van der Waals surface area contributed by atoms with E-state index < -0.39 is 89.6 Å². The molecular formula is C28H26O15. The van der Waals surface area contributed by atoms with Crippen molar-refractivity contribution < 1.29 is 73.6 Å². The SMILES string of the molecule is COC(=O)C(=O)OC1(C(=O)O)C[C@@H](OC(=O)/C=C/c2ccc(O)c(O)c2)C(O)[C@H](OC(=O)/C=C/c2ccc(O)c(O)c2)C1. The highest BCUT2D eigenvalue weighted by atomic mass is 16.6. The van der Waals surface area contributed by atoms with Gasteiger partial charge in [0, 0.05) is 25.0 Å². The molecule has 0 bridgehead atoms. The highest BCUT2D eigenvalue weighted by Crippen LogP contribution is 2.37. The summed E-state index contributed by atoms with van der Waals surface area (Å²) in [6.07, 6.45) is -3.02. The zero-order chi connectivity index (χ0) is 31.9. The van der Waals surface area contributed by atoms with Crippen molar-refractivity contribution >= 4 is 42.0 Å². The number of esters is 4. The first-order valence-corrected chi connectivity index (χ1v) is 12.3. The molecule has 6 N–H and O–H groups in total. The number of hydrogen-bond donors (Lipinski definition) is 6. The number of carbonyl (C=O) groups is 5. The van der Waals surface area contributed by atoms with Crippen LogP contribution in [0.3, 0.4) is 0 Å². The molecule has 1 aliphatic carbocycles. The quantitative estimate of drug-likeness (QED) is 0.0803. The summed E-state index contributed by atoms with van der Waals surface area (Å²) in [7, 11) is 0.844. The number of aliphatic carboxylic acids is 1. The third-order valence-corrected chi connectivity index (χ3v) is 6.21. The van der Waals surface area contributed by atoms with E-state index in [1.807, 2.05) is 0 Å². The predicted molar refractivity (Wildman–Crippen MR) is 141 cm³/mol. The molecule has 2 aromatic rings. The number of phenolic OH excluding ortho intramolecular Hbond substituents is 4. The molecule has 0 aromatic heterocycles. The van der Waals surface area contributed by atoms with Gasteiger partial charge in [0.05, 0.1) is 7.11 Å². The van der Waals surface area contributed by atoms with Gasteiger partial charge in [-0.3, -0.25) is 0 Å². The summed E-state index contributed by atoms with van der Waals surface area (Å²) in [6.45, 7) is 0. The number of aliphatic hydroxyl groups is 1. The summed E-state index contributed by atoms with van der Waals surface area (Å²) in [5.74, 6) is -9.10. The van der Waals surface area contributed by atoms with Crippen molar-refractivity contribution in [3.8, 4) is 23.0 Å². The van der Waals surface area contributed by atoms with Crippen molar-refractivity contribution in [2.45, 2.75) is 36.8 Å². The lowest BCUT2D eigenvalue weighted by Gasteiger charge is -2.42. The normalized spacial score (nSPS) is 21.7. The third kappa shape index (κ3) is 8.01. The third-order valence-electron chi connectivity index (χ3n) is 6.21. The average molecular weight is 603 g/mol. The molecule has 1 aliphatic rings. The molecule has 15 heteroatoms. The number of benzene rings is 2. The molecule has 0 radical (unpaired) electrons. The summed E-state index contributed by atoms with van der Waals surface area (Å²) >= 11 is 0. The molecule has 2 atom stereocenters. The fourth-order valence-corrected chi connectivity index (χ4v) is 4.03. The van der Waals surface area contributed by atoms with Gasteiger partial charge in [0.1, 0.15) is 18.3 Å². The smallest absolute Gasteiger partial charge is 0.418 e. The largest absolute Gasteiger partial charge is 0.504 e. The summed E-state index contributed by atoms with van der Waals surface area (Å²) in [5.41, 5.74) is -2.12. The highest BCUT2D eigenvalue weighted by molar-refractivity contribution is 6.30. The zero-order valence-electron chi connectivity index (χ0n) is 22.3. The van der Waals surface area contributed by atoms with Crippen LogP contribution in [0.15, 0.2) is 48.6 Å². The molecule has 0 amide bonds. The van der Waals surface area contributed by atoms with E-state index in [0.29, 0.717) is 0 Å². The van der Waals surface area contributed by atoms with Crippen molar-refractivity contribution in [3.05, 3.63) is 59.7 Å². The first kappa shape index (κ1) is 32.0. The Hall–Kier alpha value is -5.57. The van der Waals surface area contributed by atoms with Crippen LogP contribution in [0.4, 0.5) is 0 Å². The molecular weight excluding hydrogens is 576 g/mol. The van der Waals surface area contributed by atoms with E-state index in [4.69, 9.17) is 14.2 Å². The Morgan fingerprint density at radius 3 is 1.56 bits per heavy atom. The number of hydrogen-bond acceptors (Lipinski definition) is 14. The van der Waals surface area contributed by atoms with Crippen molar-refractivity contribution in [3.63, 3.8) is 0 Å². The lowest BCUT2D eigenvalue weighted by Crippen LogP contribution is -2.60. The molecule has 0 spiro atoms. The minimum Gasteiger partial charge on any atom is -0.504 e. The van der Waals surface area contributed by atoms with E-state index in [9.17, 15) is 54.6 Å². The van der Waals surface area contributed by atoms with Gasteiger partial charge in [0.2, 0.25) is 5.60 Å². The minimum absolute atomic E-state index is 0.254. The standard InChI is InChI=1S/C28H26O15/c1-40-25(36)26(37)43-28(27(38)39)12-20(41-22(33)8-4-14-2-6-16(29)18(31)10-14)24(35)21(13-28)42-23(34)9-5-15-3-7-17(30)19(32)11-15/h2-11,20-21,24,29-32,35H,12-13H2,1H3,(H,38,39)/b8-4+,9-5+/t20-,21-,24?,28?/m1/s1. The first-order chi connectivity index (χ1) is 20.2. The van der Waals surface area contributed by atoms with Crippen molar-refractivity contribution in [1.82, 2.24) is 0 Å². The van der Waals surface area contributed by atoms with Gasteiger partial charge in [-0.15, -0.1) is 0 Å². The van der Waals surface area contributed by atoms with Crippen LogP contribution in [-0.4, -0.2) is 91.5 Å². The van der Waals surface area contributed by atoms with Gasteiger partial charge >= 0.3 is 29.8 Å². The van der Waals surface area contributed by atoms with Crippen LogP contribution in [0.2, 0.25) is 0 Å². The second-order valence-corrected chi connectivity index (χ2v) is 9.19. The topological polar surface area (TPSA) is 244 Å². The molecule has 1 fully saturated rings. The van der Waals surface area contributed by atoms with Crippen molar-refractivity contribution in [2.24, 2.45) is 0 Å². The molecule has 228 valence electrons. The van der Waals surface area contributed by atoms with E-state index in [1.165, 1.54) is 24.3 Å².